The molecule has 3 heteroatoms. The number of hydrogen-bond donors (Lipinski definition) is 1. The predicted molar refractivity (Wildman–Crippen MR) is 71.3 cm³/mol. The lowest BCUT2D eigenvalue weighted by molar-refractivity contribution is -0.0674. The van der Waals surface area contributed by atoms with Crippen LogP contribution in [0.3, 0.4) is 0 Å². The van der Waals surface area contributed by atoms with E-state index >= 15 is 0 Å². The summed E-state index contributed by atoms with van der Waals surface area (Å²) in [5.41, 5.74) is 0. The van der Waals surface area contributed by atoms with Gasteiger partial charge in [-0.2, -0.15) is 0 Å². The van der Waals surface area contributed by atoms with Crippen molar-refractivity contribution in [3.63, 3.8) is 0 Å². The average Bonchev–Trinajstić information content (AvgIpc) is 2.76. The molecule has 0 aromatic heterocycles. The van der Waals surface area contributed by atoms with Crippen LogP contribution >= 0.6 is 0 Å². The van der Waals surface area contributed by atoms with Crippen LogP contribution in [0.4, 0.5) is 0 Å². The summed E-state index contributed by atoms with van der Waals surface area (Å²) in [7, 11) is 0. The van der Waals surface area contributed by atoms with Crippen LogP contribution in [0.15, 0.2) is 0 Å². The minimum absolute atomic E-state index is 0.397. The molecule has 2 atom stereocenters. The second kappa shape index (κ2) is 6.72. The van der Waals surface area contributed by atoms with Gasteiger partial charge in [0.2, 0.25) is 0 Å². The SMILES string of the molecule is C[C@@H]1CN(CCNCC2CCCC2)C[C@H](C)O1. The molecular weight excluding hydrogens is 212 g/mol. The van der Waals surface area contributed by atoms with Crippen molar-refractivity contribution in [1.82, 2.24) is 10.2 Å². The quantitative estimate of drug-likeness (QED) is 0.743. The van der Waals surface area contributed by atoms with E-state index in [1.807, 2.05) is 0 Å². The van der Waals surface area contributed by atoms with Crippen LogP contribution in [0.2, 0.25) is 0 Å². The maximum absolute atomic E-state index is 5.74. The lowest BCUT2D eigenvalue weighted by atomic mass is 10.1. The fourth-order valence-corrected chi connectivity index (χ4v) is 3.22. The van der Waals surface area contributed by atoms with Crippen LogP contribution in [-0.2, 0) is 4.74 Å². The van der Waals surface area contributed by atoms with Crippen LogP contribution in [-0.4, -0.2) is 49.8 Å². The second-order valence-electron chi connectivity index (χ2n) is 5.87. The first kappa shape index (κ1) is 13.3. The molecule has 0 aromatic carbocycles. The van der Waals surface area contributed by atoms with Crippen molar-refractivity contribution in [2.75, 3.05) is 32.7 Å². The zero-order valence-corrected chi connectivity index (χ0v) is 11.5. The summed E-state index contributed by atoms with van der Waals surface area (Å²) in [5.74, 6) is 0.956. The number of ether oxygens (including phenoxy) is 1. The van der Waals surface area contributed by atoms with Gasteiger partial charge in [-0.1, -0.05) is 12.8 Å². The molecule has 3 nitrogen and oxygen atoms in total. The Labute approximate surface area is 106 Å². The molecule has 0 amide bonds. The molecule has 2 fully saturated rings. The molecule has 0 aromatic rings. The topological polar surface area (TPSA) is 24.5 Å². The van der Waals surface area contributed by atoms with Crippen LogP contribution in [0, 0.1) is 5.92 Å². The Hall–Kier alpha value is -0.120. The third-order valence-corrected chi connectivity index (χ3v) is 4.01. The summed E-state index contributed by atoms with van der Waals surface area (Å²) < 4.78 is 5.74. The summed E-state index contributed by atoms with van der Waals surface area (Å²) in [6.45, 7) is 10.1. The standard InChI is InChI=1S/C14H28N2O/c1-12-10-16(11-13(2)17-12)8-7-15-9-14-5-3-4-6-14/h12-15H,3-11H2,1-2H3/t12-,13+. The summed E-state index contributed by atoms with van der Waals surface area (Å²) >= 11 is 0. The number of rotatable bonds is 5. The van der Waals surface area contributed by atoms with E-state index in [1.54, 1.807) is 0 Å². The molecule has 2 aliphatic rings. The van der Waals surface area contributed by atoms with Crippen LogP contribution in [0.5, 0.6) is 0 Å². The zero-order valence-electron chi connectivity index (χ0n) is 11.5. The minimum atomic E-state index is 0.397. The van der Waals surface area contributed by atoms with Crippen LogP contribution in [0.25, 0.3) is 0 Å². The molecule has 0 radical (unpaired) electrons. The molecule has 1 aliphatic carbocycles. The monoisotopic (exact) mass is 240 g/mol. The van der Waals surface area contributed by atoms with E-state index in [4.69, 9.17) is 4.74 Å². The normalized spacial score (nSPS) is 32.1. The fourth-order valence-electron chi connectivity index (χ4n) is 3.22. The van der Waals surface area contributed by atoms with Crippen LogP contribution in [0.1, 0.15) is 39.5 Å². The zero-order chi connectivity index (χ0) is 12.1. The predicted octanol–water partition coefficient (Wildman–Crippen LogP) is 1.88. The second-order valence-corrected chi connectivity index (χ2v) is 5.87. The fraction of sp³-hybridized carbons (Fsp3) is 1.00. The highest BCUT2D eigenvalue weighted by Gasteiger charge is 2.21. The van der Waals surface area contributed by atoms with Crippen molar-refractivity contribution in [3.05, 3.63) is 0 Å². The number of hydrogen-bond acceptors (Lipinski definition) is 3. The Morgan fingerprint density at radius 3 is 2.41 bits per heavy atom. The van der Waals surface area contributed by atoms with Crippen molar-refractivity contribution in [2.24, 2.45) is 5.92 Å². The third-order valence-electron chi connectivity index (χ3n) is 4.01. The Bertz CT molecular complexity index is 206. The molecular formula is C14H28N2O. The number of nitrogens with zero attached hydrogens (tertiary/aromatic N) is 1. The van der Waals surface area contributed by atoms with Gasteiger partial charge in [0.25, 0.3) is 0 Å². The molecule has 0 spiro atoms. The minimum Gasteiger partial charge on any atom is -0.373 e. The lowest BCUT2D eigenvalue weighted by Gasteiger charge is -2.35. The van der Waals surface area contributed by atoms with E-state index in [2.05, 4.69) is 24.1 Å². The van der Waals surface area contributed by atoms with E-state index in [1.165, 1.54) is 38.8 Å². The highest BCUT2D eigenvalue weighted by atomic mass is 16.5. The number of nitrogens with one attached hydrogen (secondary N) is 1. The largest absolute Gasteiger partial charge is 0.373 e. The first-order valence-electron chi connectivity index (χ1n) is 7.32. The molecule has 1 heterocycles. The third kappa shape index (κ3) is 4.57. The van der Waals surface area contributed by atoms with E-state index in [9.17, 15) is 0 Å². The molecule has 0 unspecified atom stereocenters. The first-order valence-corrected chi connectivity index (χ1v) is 7.32. The van der Waals surface area contributed by atoms with E-state index in [0.717, 1.165) is 25.6 Å². The summed E-state index contributed by atoms with van der Waals surface area (Å²) in [5, 5.41) is 3.62. The molecule has 17 heavy (non-hydrogen) atoms. The van der Waals surface area contributed by atoms with Crippen molar-refractivity contribution < 1.29 is 4.74 Å². The van der Waals surface area contributed by atoms with Gasteiger partial charge >= 0.3 is 0 Å². The van der Waals surface area contributed by atoms with Gasteiger partial charge in [0.15, 0.2) is 0 Å². The van der Waals surface area contributed by atoms with Gasteiger partial charge in [0, 0.05) is 26.2 Å². The lowest BCUT2D eigenvalue weighted by Crippen LogP contribution is -2.47. The van der Waals surface area contributed by atoms with Gasteiger partial charge in [0.1, 0.15) is 0 Å². The maximum Gasteiger partial charge on any atom is 0.0678 e. The Morgan fingerprint density at radius 2 is 1.76 bits per heavy atom. The molecule has 1 saturated heterocycles. The molecule has 100 valence electrons. The highest BCUT2D eigenvalue weighted by molar-refractivity contribution is 4.74. The van der Waals surface area contributed by atoms with Gasteiger partial charge in [0.05, 0.1) is 12.2 Å². The summed E-state index contributed by atoms with van der Waals surface area (Å²) in [4.78, 5) is 2.53. The number of morpholine rings is 1. The van der Waals surface area contributed by atoms with Crippen LogP contribution < -0.4 is 5.32 Å². The van der Waals surface area contributed by atoms with Gasteiger partial charge in [-0.3, -0.25) is 4.90 Å². The summed E-state index contributed by atoms with van der Waals surface area (Å²) in [6.07, 6.45) is 6.58. The molecule has 1 N–H and O–H groups in total. The van der Waals surface area contributed by atoms with Gasteiger partial charge in [-0.15, -0.1) is 0 Å². The van der Waals surface area contributed by atoms with E-state index in [-0.39, 0.29) is 0 Å². The van der Waals surface area contributed by atoms with Gasteiger partial charge in [-0.25, -0.2) is 0 Å². The van der Waals surface area contributed by atoms with E-state index < -0.39 is 0 Å². The molecule has 1 saturated carbocycles. The molecule has 0 bridgehead atoms. The first-order chi connectivity index (χ1) is 8.24. The van der Waals surface area contributed by atoms with Crippen molar-refractivity contribution in [1.29, 1.82) is 0 Å². The van der Waals surface area contributed by atoms with Crippen molar-refractivity contribution in [3.8, 4) is 0 Å². The van der Waals surface area contributed by atoms with E-state index in [0.29, 0.717) is 12.2 Å². The van der Waals surface area contributed by atoms with Gasteiger partial charge in [-0.05, 0) is 39.2 Å². The molecule has 1 aliphatic heterocycles. The summed E-state index contributed by atoms with van der Waals surface area (Å²) in [6, 6.07) is 0. The Balaban J connectivity index is 1.54. The highest BCUT2D eigenvalue weighted by Crippen LogP contribution is 2.23. The van der Waals surface area contributed by atoms with Gasteiger partial charge < -0.3 is 10.1 Å². The Kier molecular flexibility index (Phi) is 5.26. The Morgan fingerprint density at radius 1 is 1.12 bits per heavy atom. The maximum atomic E-state index is 5.74. The average molecular weight is 240 g/mol. The molecule has 2 rings (SSSR count). The smallest absolute Gasteiger partial charge is 0.0678 e. The van der Waals surface area contributed by atoms with Crippen molar-refractivity contribution >= 4 is 0 Å². The van der Waals surface area contributed by atoms with Crippen molar-refractivity contribution in [2.45, 2.75) is 51.7 Å².